The maximum absolute atomic E-state index is 12.3. The van der Waals surface area contributed by atoms with Crippen molar-refractivity contribution in [2.45, 2.75) is 13.8 Å². The van der Waals surface area contributed by atoms with Gasteiger partial charge in [-0.05, 0) is 55.8 Å². The van der Waals surface area contributed by atoms with E-state index in [1.165, 1.54) is 0 Å². The van der Waals surface area contributed by atoms with E-state index < -0.39 is 5.97 Å². The van der Waals surface area contributed by atoms with E-state index >= 15 is 0 Å². The fourth-order valence-corrected chi connectivity index (χ4v) is 3.02. The summed E-state index contributed by atoms with van der Waals surface area (Å²) in [7, 11) is 0. The van der Waals surface area contributed by atoms with Gasteiger partial charge >= 0.3 is 5.97 Å². The molecule has 2 aromatic rings. The number of cyclic esters (lactones) is 1. The summed E-state index contributed by atoms with van der Waals surface area (Å²) in [5, 5.41) is 0. The maximum atomic E-state index is 12.3. The van der Waals surface area contributed by atoms with Gasteiger partial charge in [-0.2, -0.15) is 0 Å². The van der Waals surface area contributed by atoms with Crippen LogP contribution in [0.2, 0.25) is 0 Å². The van der Waals surface area contributed by atoms with Crippen molar-refractivity contribution in [1.29, 1.82) is 0 Å². The molecular formula is C22H21NO6. The summed E-state index contributed by atoms with van der Waals surface area (Å²) >= 11 is 0. The number of hydrogen-bond acceptors (Lipinski definition) is 7. The molecule has 0 saturated carbocycles. The summed E-state index contributed by atoms with van der Waals surface area (Å²) in [5.41, 5.74) is 1.62. The second-order valence-corrected chi connectivity index (χ2v) is 6.27. The molecule has 2 aliphatic rings. The Balaban J connectivity index is 1.62. The minimum absolute atomic E-state index is 0.212. The molecule has 0 N–H and O–H groups in total. The first-order valence-electron chi connectivity index (χ1n) is 9.50. The Hall–Kier alpha value is -3.48. The minimum atomic E-state index is -0.512. The van der Waals surface area contributed by atoms with Crippen molar-refractivity contribution in [1.82, 2.24) is 0 Å². The summed E-state index contributed by atoms with van der Waals surface area (Å²) in [4.78, 5) is 16.7. The Morgan fingerprint density at radius 2 is 1.72 bits per heavy atom. The van der Waals surface area contributed by atoms with Crippen LogP contribution in [-0.2, 0) is 9.53 Å². The van der Waals surface area contributed by atoms with Crippen LogP contribution in [0.15, 0.2) is 47.1 Å². The smallest absolute Gasteiger partial charge is 0.363 e. The van der Waals surface area contributed by atoms with E-state index in [1.807, 2.05) is 32.0 Å². The molecule has 0 saturated heterocycles. The lowest BCUT2D eigenvalue weighted by atomic mass is 10.1. The number of hydrogen-bond donors (Lipinski definition) is 0. The molecule has 7 nitrogen and oxygen atoms in total. The van der Waals surface area contributed by atoms with Gasteiger partial charge in [-0.15, -0.1) is 0 Å². The molecule has 4 rings (SSSR count). The zero-order valence-corrected chi connectivity index (χ0v) is 16.3. The van der Waals surface area contributed by atoms with Crippen molar-refractivity contribution < 1.29 is 28.5 Å². The molecule has 2 heterocycles. The third-order valence-electron chi connectivity index (χ3n) is 4.28. The highest BCUT2D eigenvalue weighted by molar-refractivity contribution is 6.13. The van der Waals surface area contributed by atoms with Crippen LogP contribution in [0.1, 0.15) is 25.0 Å². The van der Waals surface area contributed by atoms with E-state index in [4.69, 9.17) is 23.7 Å². The Morgan fingerprint density at radius 1 is 0.966 bits per heavy atom. The van der Waals surface area contributed by atoms with Crippen LogP contribution >= 0.6 is 0 Å². The standard InChI is InChI=1S/C22H21NO6/c1-3-25-17-8-6-15(13-20(17)26-4-2)21-23-16(22(24)29-21)11-14-5-7-18-19(12-14)28-10-9-27-18/h5-8,11-13H,3-4,9-10H2,1-2H3. The summed E-state index contributed by atoms with van der Waals surface area (Å²) < 4.78 is 27.7. The zero-order valence-electron chi connectivity index (χ0n) is 16.3. The van der Waals surface area contributed by atoms with Gasteiger partial charge in [-0.25, -0.2) is 9.79 Å². The van der Waals surface area contributed by atoms with Crippen LogP contribution in [0.4, 0.5) is 0 Å². The van der Waals surface area contributed by atoms with E-state index in [2.05, 4.69) is 4.99 Å². The fourth-order valence-electron chi connectivity index (χ4n) is 3.02. The number of ether oxygens (including phenoxy) is 5. The molecule has 0 aromatic heterocycles. The Bertz CT molecular complexity index is 995. The quantitative estimate of drug-likeness (QED) is 0.550. The highest BCUT2D eigenvalue weighted by Crippen LogP contribution is 2.33. The van der Waals surface area contributed by atoms with Crippen LogP contribution in [-0.4, -0.2) is 38.3 Å². The van der Waals surface area contributed by atoms with Gasteiger partial charge in [0.15, 0.2) is 28.7 Å². The van der Waals surface area contributed by atoms with Gasteiger partial charge in [-0.3, -0.25) is 0 Å². The van der Waals surface area contributed by atoms with Crippen molar-refractivity contribution >= 4 is 17.9 Å². The first-order chi connectivity index (χ1) is 14.2. The van der Waals surface area contributed by atoms with Crippen molar-refractivity contribution in [3.63, 3.8) is 0 Å². The molecule has 0 aliphatic carbocycles. The third kappa shape index (κ3) is 4.03. The molecule has 0 unspecified atom stereocenters. The van der Waals surface area contributed by atoms with Crippen LogP contribution in [0.5, 0.6) is 23.0 Å². The molecular weight excluding hydrogens is 374 g/mol. The normalized spacial score (nSPS) is 16.4. The maximum Gasteiger partial charge on any atom is 0.363 e. The van der Waals surface area contributed by atoms with E-state index in [1.54, 1.807) is 24.3 Å². The molecule has 7 heteroatoms. The molecule has 29 heavy (non-hydrogen) atoms. The van der Waals surface area contributed by atoms with Crippen molar-refractivity contribution in [2.75, 3.05) is 26.4 Å². The van der Waals surface area contributed by atoms with Crippen molar-refractivity contribution in [3.8, 4) is 23.0 Å². The van der Waals surface area contributed by atoms with E-state index in [0.717, 1.165) is 5.56 Å². The van der Waals surface area contributed by atoms with E-state index in [9.17, 15) is 4.79 Å². The van der Waals surface area contributed by atoms with Gasteiger partial charge < -0.3 is 23.7 Å². The number of rotatable bonds is 6. The monoisotopic (exact) mass is 395 g/mol. The number of fused-ring (bicyclic) bond motifs is 1. The Labute approximate surface area is 168 Å². The van der Waals surface area contributed by atoms with Gasteiger partial charge in [-0.1, -0.05) is 6.07 Å². The van der Waals surface area contributed by atoms with Crippen LogP contribution in [0.25, 0.3) is 6.08 Å². The summed E-state index contributed by atoms with van der Waals surface area (Å²) in [6.45, 7) is 5.84. The summed E-state index contributed by atoms with van der Waals surface area (Å²) in [6, 6.07) is 10.8. The Kier molecular flexibility index (Phi) is 5.37. The largest absolute Gasteiger partial charge is 0.490 e. The first-order valence-corrected chi connectivity index (χ1v) is 9.50. The molecule has 0 amide bonds. The fraction of sp³-hybridized carbons (Fsp3) is 0.273. The Morgan fingerprint density at radius 3 is 2.52 bits per heavy atom. The van der Waals surface area contributed by atoms with E-state index in [-0.39, 0.29) is 11.6 Å². The van der Waals surface area contributed by atoms with E-state index in [0.29, 0.717) is 55.0 Å². The average molecular weight is 395 g/mol. The highest BCUT2D eigenvalue weighted by atomic mass is 16.6. The zero-order chi connectivity index (χ0) is 20.2. The summed E-state index contributed by atoms with van der Waals surface area (Å²) in [6.07, 6.45) is 1.66. The van der Waals surface area contributed by atoms with Crippen LogP contribution in [0.3, 0.4) is 0 Å². The van der Waals surface area contributed by atoms with Crippen LogP contribution in [0, 0.1) is 0 Å². The number of aliphatic imine (C=N–C) groups is 1. The SMILES string of the molecule is CCOc1ccc(C2=NC(=Cc3ccc4c(c3)OCCO4)C(=O)O2)cc1OCC. The summed E-state index contributed by atoms with van der Waals surface area (Å²) in [5.74, 6) is 2.26. The topological polar surface area (TPSA) is 75.6 Å². The van der Waals surface area contributed by atoms with Crippen LogP contribution < -0.4 is 18.9 Å². The van der Waals surface area contributed by atoms with Gasteiger partial charge in [0.2, 0.25) is 5.90 Å². The van der Waals surface area contributed by atoms with Gasteiger partial charge in [0.1, 0.15) is 13.2 Å². The van der Waals surface area contributed by atoms with Crippen molar-refractivity contribution in [2.24, 2.45) is 4.99 Å². The number of carbonyl (C=O) groups is 1. The lowest BCUT2D eigenvalue weighted by molar-refractivity contribution is -0.129. The highest BCUT2D eigenvalue weighted by Gasteiger charge is 2.25. The molecule has 0 atom stereocenters. The number of carbonyl (C=O) groups excluding carboxylic acids is 1. The number of benzene rings is 2. The van der Waals surface area contributed by atoms with Gasteiger partial charge in [0, 0.05) is 5.56 Å². The molecule has 0 radical (unpaired) electrons. The van der Waals surface area contributed by atoms with Gasteiger partial charge in [0.25, 0.3) is 0 Å². The molecule has 2 aliphatic heterocycles. The lowest BCUT2D eigenvalue weighted by Crippen LogP contribution is -2.15. The molecule has 150 valence electrons. The molecule has 2 aromatic carbocycles. The predicted octanol–water partition coefficient (Wildman–Crippen LogP) is 3.60. The second-order valence-electron chi connectivity index (χ2n) is 6.27. The minimum Gasteiger partial charge on any atom is -0.490 e. The van der Waals surface area contributed by atoms with Crippen molar-refractivity contribution in [3.05, 3.63) is 53.2 Å². The first kappa shape index (κ1) is 18.9. The third-order valence-corrected chi connectivity index (χ3v) is 4.28. The molecule has 0 fully saturated rings. The second kappa shape index (κ2) is 8.26. The molecule has 0 bridgehead atoms. The lowest BCUT2D eigenvalue weighted by Gasteiger charge is -2.18. The average Bonchev–Trinajstić information content (AvgIpc) is 3.10. The number of esters is 1. The molecule has 0 spiro atoms. The predicted molar refractivity (Wildman–Crippen MR) is 107 cm³/mol. The van der Waals surface area contributed by atoms with Gasteiger partial charge in [0.05, 0.1) is 13.2 Å². The number of nitrogens with zero attached hydrogens (tertiary/aromatic N) is 1.